The van der Waals surface area contributed by atoms with Gasteiger partial charge in [-0.3, -0.25) is 0 Å². The van der Waals surface area contributed by atoms with Crippen molar-refractivity contribution in [3.05, 3.63) is 0 Å². The maximum absolute atomic E-state index is 13.1. The van der Waals surface area contributed by atoms with Crippen molar-refractivity contribution in [3.63, 3.8) is 0 Å². The summed E-state index contributed by atoms with van der Waals surface area (Å²) < 4.78 is 157. The molecule has 0 rings (SSSR count). The van der Waals surface area contributed by atoms with E-state index in [0.29, 0.717) is 0 Å². The van der Waals surface area contributed by atoms with Crippen molar-refractivity contribution < 1.29 is 62.5 Å². The lowest BCUT2D eigenvalue weighted by Gasteiger charge is -2.39. The molecule has 15 heteroatoms. The van der Waals surface area contributed by atoms with Crippen LogP contribution in [-0.2, 0) is 4.74 Å². The molecule has 0 saturated carbocycles. The molecule has 0 heterocycles. The summed E-state index contributed by atoms with van der Waals surface area (Å²) >= 11 is 0. The third-order valence-corrected chi connectivity index (χ3v) is 2.81. The molecule has 0 aliphatic heterocycles. The number of halogens is 12. The van der Waals surface area contributed by atoms with Crippen molar-refractivity contribution in [2.45, 2.75) is 42.1 Å². The molecule has 0 aromatic rings. The van der Waals surface area contributed by atoms with E-state index in [1.54, 1.807) is 0 Å². The molecule has 3 N–H and O–H groups in total. The zero-order chi connectivity index (χ0) is 20.5. The first-order valence-corrected chi connectivity index (χ1v) is 6.03. The standard InChI is InChI=1S/C10H11F12NO2/c11-5(12)7(15,16)9(19,20)10(21,22)8(17,18)6(13,14)3-25-2-4(24)1-23/h4-5,24H,1-3,23H2/t4-/m1/s1. The van der Waals surface area contributed by atoms with Gasteiger partial charge < -0.3 is 15.6 Å². The van der Waals surface area contributed by atoms with Crippen LogP contribution in [0.5, 0.6) is 0 Å². The minimum atomic E-state index is -7.58. The number of rotatable bonds is 10. The fourth-order valence-corrected chi connectivity index (χ4v) is 1.26. The van der Waals surface area contributed by atoms with Crippen molar-refractivity contribution in [2.24, 2.45) is 5.73 Å². The summed E-state index contributed by atoms with van der Waals surface area (Å²) in [6, 6.07) is 0. The lowest BCUT2D eigenvalue weighted by Crippen LogP contribution is -2.69. The van der Waals surface area contributed by atoms with Gasteiger partial charge >= 0.3 is 36.0 Å². The molecule has 0 radical (unpaired) electrons. The number of hydrogen-bond donors (Lipinski definition) is 2. The Morgan fingerprint density at radius 1 is 0.800 bits per heavy atom. The van der Waals surface area contributed by atoms with Gasteiger partial charge in [0.25, 0.3) is 0 Å². The molecular weight excluding hydrogens is 394 g/mol. The molecule has 3 nitrogen and oxygen atoms in total. The van der Waals surface area contributed by atoms with Gasteiger partial charge in [0.1, 0.15) is 6.61 Å². The first kappa shape index (κ1) is 24.0. The minimum absolute atomic E-state index is 0.642. The van der Waals surface area contributed by atoms with Crippen LogP contribution in [0.2, 0.25) is 0 Å². The van der Waals surface area contributed by atoms with Crippen LogP contribution in [0.25, 0.3) is 0 Å². The molecule has 0 bridgehead atoms. The molecule has 0 fully saturated rings. The zero-order valence-electron chi connectivity index (χ0n) is 11.7. The number of alkyl halides is 12. The minimum Gasteiger partial charge on any atom is -0.389 e. The number of aliphatic hydroxyl groups excluding tert-OH is 1. The van der Waals surface area contributed by atoms with Gasteiger partial charge in [0.15, 0.2) is 0 Å². The van der Waals surface area contributed by atoms with Crippen molar-refractivity contribution in [1.29, 1.82) is 0 Å². The summed E-state index contributed by atoms with van der Waals surface area (Å²) in [6.45, 7) is -4.57. The second kappa shape index (κ2) is 7.34. The van der Waals surface area contributed by atoms with Gasteiger partial charge in [-0.2, -0.15) is 43.9 Å². The van der Waals surface area contributed by atoms with Crippen LogP contribution >= 0.6 is 0 Å². The molecule has 0 saturated heterocycles. The van der Waals surface area contributed by atoms with Gasteiger partial charge in [0.2, 0.25) is 0 Å². The Morgan fingerprint density at radius 2 is 1.24 bits per heavy atom. The Labute approximate surface area is 131 Å². The smallest absolute Gasteiger partial charge is 0.384 e. The lowest BCUT2D eigenvalue weighted by atomic mass is 9.94. The van der Waals surface area contributed by atoms with E-state index in [2.05, 4.69) is 4.74 Å². The molecule has 152 valence electrons. The lowest BCUT2D eigenvalue weighted by molar-refractivity contribution is -0.415. The molecule has 25 heavy (non-hydrogen) atoms. The predicted octanol–water partition coefficient (Wildman–Crippen LogP) is 2.76. The van der Waals surface area contributed by atoms with E-state index in [9.17, 15) is 52.7 Å². The number of hydrogen-bond acceptors (Lipinski definition) is 3. The Kier molecular flexibility index (Phi) is 7.06. The summed E-state index contributed by atoms with van der Waals surface area (Å²) in [5, 5.41) is 8.78. The molecule has 0 unspecified atom stereocenters. The monoisotopic (exact) mass is 405 g/mol. The van der Waals surface area contributed by atoms with E-state index in [1.165, 1.54) is 0 Å². The highest BCUT2D eigenvalue weighted by atomic mass is 19.4. The van der Waals surface area contributed by atoms with Gasteiger partial charge in [-0.15, -0.1) is 0 Å². The Balaban J connectivity index is 5.64. The summed E-state index contributed by atoms with van der Waals surface area (Å²) in [7, 11) is 0. The Bertz CT molecular complexity index is 442. The largest absolute Gasteiger partial charge is 0.389 e. The van der Waals surface area contributed by atoms with E-state index in [-0.39, 0.29) is 0 Å². The van der Waals surface area contributed by atoms with E-state index >= 15 is 0 Å². The van der Waals surface area contributed by atoms with Gasteiger partial charge in [-0.25, -0.2) is 8.78 Å². The first-order valence-electron chi connectivity index (χ1n) is 6.03. The maximum atomic E-state index is 13.1. The summed E-state index contributed by atoms with van der Waals surface area (Å²) in [6.07, 6.45) is -7.26. The van der Waals surface area contributed by atoms with E-state index < -0.39 is 61.9 Å². The van der Waals surface area contributed by atoms with Crippen molar-refractivity contribution in [3.8, 4) is 0 Å². The van der Waals surface area contributed by atoms with Crippen LogP contribution in [0.15, 0.2) is 0 Å². The SMILES string of the molecule is NC[C@@H](O)COCC(F)(F)C(F)(F)C(F)(F)C(F)(F)C(F)(F)C(F)F. The van der Waals surface area contributed by atoms with Gasteiger partial charge in [-0.1, -0.05) is 0 Å². The van der Waals surface area contributed by atoms with Gasteiger partial charge in [-0.05, 0) is 0 Å². The maximum Gasteiger partial charge on any atom is 0.384 e. The van der Waals surface area contributed by atoms with E-state index in [1.807, 2.05) is 0 Å². The highest BCUT2D eigenvalue weighted by Gasteiger charge is 2.87. The van der Waals surface area contributed by atoms with Crippen molar-refractivity contribution in [2.75, 3.05) is 19.8 Å². The molecule has 0 aliphatic rings. The number of ether oxygens (including phenoxy) is 1. The second-order valence-corrected chi connectivity index (χ2v) is 4.76. The van der Waals surface area contributed by atoms with E-state index in [0.717, 1.165) is 0 Å². The number of nitrogens with two attached hydrogens (primary N) is 1. The zero-order valence-corrected chi connectivity index (χ0v) is 11.7. The average Bonchev–Trinajstić information content (AvgIpc) is 2.45. The van der Waals surface area contributed by atoms with E-state index in [4.69, 9.17) is 10.8 Å². The van der Waals surface area contributed by atoms with Gasteiger partial charge in [0.05, 0.1) is 12.7 Å². The second-order valence-electron chi connectivity index (χ2n) is 4.76. The van der Waals surface area contributed by atoms with Crippen LogP contribution in [0, 0.1) is 0 Å². The van der Waals surface area contributed by atoms with Crippen LogP contribution in [0.3, 0.4) is 0 Å². The fourth-order valence-electron chi connectivity index (χ4n) is 1.26. The predicted molar refractivity (Wildman–Crippen MR) is 56.6 cm³/mol. The molecule has 1 atom stereocenters. The molecule has 0 aromatic carbocycles. The van der Waals surface area contributed by atoms with Crippen LogP contribution in [-0.4, -0.2) is 67.0 Å². The van der Waals surface area contributed by atoms with Crippen LogP contribution < -0.4 is 5.73 Å². The molecule has 0 aromatic heterocycles. The first-order chi connectivity index (χ1) is 10.9. The summed E-state index contributed by atoms with van der Waals surface area (Å²) in [5.74, 6) is -35.5. The molecule has 0 amide bonds. The Morgan fingerprint density at radius 3 is 1.60 bits per heavy atom. The van der Waals surface area contributed by atoms with Crippen molar-refractivity contribution >= 4 is 0 Å². The number of aliphatic hydroxyl groups is 1. The van der Waals surface area contributed by atoms with Crippen LogP contribution in [0.1, 0.15) is 0 Å². The third-order valence-electron chi connectivity index (χ3n) is 2.81. The quantitative estimate of drug-likeness (QED) is 0.550. The average molecular weight is 405 g/mol. The fraction of sp³-hybridized carbons (Fsp3) is 1.00. The normalized spacial score (nSPS) is 16.4. The highest BCUT2D eigenvalue weighted by Crippen LogP contribution is 2.58. The summed E-state index contributed by atoms with van der Waals surface area (Å²) in [5.41, 5.74) is 4.77. The molecule has 0 spiro atoms. The topological polar surface area (TPSA) is 55.5 Å². The van der Waals surface area contributed by atoms with Crippen molar-refractivity contribution in [1.82, 2.24) is 0 Å². The Hall–Kier alpha value is -0.960. The molecular formula is C10H11F12NO2. The highest BCUT2D eigenvalue weighted by molar-refractivity contribution is 5.09. The molecule has 0 aliphatic carbocycles. The van der Waals surface area contributed by atoms with Crippen LogP contribution in [0.4, 0.5) is 52.7 Å². The van der Waals surface area contributed by atoms with Gasteiger partial charge in [0, 0.05) is 6.54 Å². The summed E-state index contributed by atoms with van der Waals surface area (Å²) in [4.78, 5) is 0. The third kappa shape index (κ3) is 4.07.